The molecule has 1 aliphatic rings. The van der Waals surface area contributed by atoms with Gasteiger partial charge in [0.05, 0.1) is 27.4 Å². The second-order valence-corrected chi connectivity index (χ2v) is 6.08. The zero-order valence-electron chi connectivity index (χ0n) is 15.6. The monoisotopic (exact) mass is 368 g/mol. The van der Waals surface area contributed by atoms with E-state index in [2.05, 4.69) is 10.2 Å². The molecular formula is C21H24N2O4. The minimum absolute atomic E-state index is 0.202. The molecule has 0 bridgehead atoms. The van der Waals surface area contributed by atoms with Crippen LogP contribution in [-0.2, 0) is 9.53 Å². The number of ether oxygens (including phenoxy) is 3. The van der Waals surface area contributed by atoms with Crippen molar-refractivity contribution in [1.82, 2.24) is 0 Å². The zero-order valence-corrected chi connectivity index (χ0v) is 15.6. The average molecular weight is 368 g/mol. The molecule has 0 unspecified atom stereocenters. The lowest BCUT2D eigenvalue weighted by Gasteiger charge is -2.28. The first kappa shape index (κ1) is 18.8. The van der Waals surface area contributed by atoms with Crippen molar-refractivity contribution in [2.45, 2.75) is 0 Å². The molecule has 142 valence electrons. The summed E-state index contributed by atoms with van der Waals surface area (Å²) in [5.74, 6) is 1.15. The molecular weight excluding hydrogens is 344 g/mol. The summed E-state index contributed by atoms with van der Waals surface area (Å²) in [6.07, 6.45) is 3.20. The fourth-order valence-corrected chi connectivity index (χ4v) is 2.88. The third-order valence-corrected chi connectivity index (χ3v) is 4.37. The molecule has 6 nitrogen and oxygen atoms in total. The summed E-state index contributed by atoms with van der Waals surface area (Å²) in [7, 11) is 3.18. The molecule has 1 saturated heterocycles. The van der Waals surface area contributed by atoms with Gasteiger partial charge in [0, 0.05) is 42.2 Å². The molecule has 1 aliphatic heterocycles. The van der Waals surface area contributed by atoms with Gasteiger partial charge in [0.25, 0.3) is 0 Å². The van der Waals surface area contributed by atoms with E-state index in [9.17, 15) is 4.79 Å². The van der Waals surface area contributed by atoms with Crippen molar-refractivity contribution < 1.29 is 19.0 Å². The highest BCUT2D eigenvalue weighted by atomic mass is 16.5. The molecule has 0 radical (unpaired) electrons. The van der Waals surface area contributed by atoms with Crippen LogP contribution in [0.5, 0.6) is 11.5 Å². The van der Waals surface area contributed by atoms with Gasteiger partial charge in [-0.05, 0) is 42.5 Å². The van der Waals surface area contributed by atoms with Crippen LogP contribution in [-0.4, -0.2) is 46.4 Å². The van der Waals surface area contributed by atoms with Crippen molar-refractivity contribution in [1.29, 1.82) is 0 Å². The molecule has 0 saturated carbocycles. The van der Waals surface area contributed by atoms with Gasteiger partial charge in [0.2, 0.25) is 5.91 Å². The Hall–Kier alpha value is -2.99. The first-order chi connectivity index (χ1) is 13.2. The zero-order chi connectivity index (χ0) is 19.1. The summed E-state index contributed by atoms with van der Waals surface area (Å²) in [4.78, 5) is 14.5. The Morgan fingerprint density at radius 2 is 1.81 bits per heavy atom. The summed E-state index contributed by atoms with van der Waals surface area (Å²) in [6, 6.07) is 13.3. The summed E-state index contributed by atoms with van der Waals surface area (Å²) < 4.78 is 15.9. The lowest BCUT2D eigenvalue weighted by Crippen LogP contribution is -2.36. The standard InChI is InChI=1S/C21H24N2O4/c1-25-19-9-3-16(20(15-19)26-2)4-10-21(24)22-17-5-7-18(8-6-17)23-11-13-27-14-12-23/h3-10,15H,11-14H2,1-2H3,(H,22,24)/b10-4+. The Morgan fingerprint density at radius 3 is 2.48 bits per heavy atom. The first-order valence-electron chi connectivity index (χ1n) is 8.83. The molecule has 2 aromatic carbocycles. The van der Waals surface area contributed by atoms with Crippen molar-refractivity contribution in [2.75, 3.05) is 50.7 Å². The predicted octanol–water partition coefficient (Wildman–Crippen LogP) is 3.19. The van der Waals surface area contributed by atoms with Crippen LogP contribution < -0.4 is 19.7 Å². The van der Waals surface area contributed by atoms with Crippen LogP contribution >= 0.6 is 0 Å². The molecule has 0 atom stereocenters. The number of carbonyl (C=O) groups is 1. The lowest BCUT2D eigenvalue weighted by atomic mass is 10.1. The highest BCUT2D eigenvalue weighted by Crippen LogP contribution is 2.25. The van der Waals surface area contributed by atoms with E-state index in [0.717, 1.165) is 43.2 Å². The largest absolute Gasteiger partial charge is 0.497 e. The predicted molar refractivity (Wildman–Crippen MR) is 107 cm³/mol. The van der Waals surface area contributed by atoms with Gasteiger partial charge in [0.15, 0.2) is 0 Å². The quantitative estimate of drug-likeness (QED) is 0.794. The van der Waals surface area contributed by atoms with Gasteiger partial charge in [-0.25, -0.2) is 0 Å². The van der Waals surface area contributed by atoms with Gasteiger partial charge in [-0.3, -0.25) is 4.79 Å². The van der Waals surface area contributed by atoms with E-state index in [1.54, 1.807) is 26.4 Å². The summed E-state index contributed by atoms with van der Waals surface area (Å²) in [6.45, 7) is 3.27. The number of nitrogens with one attached hydrogen (secondary N) is 1. The fourth-order valence-electron chi connectivity index (χ4n) is 2.88. The van der Waals surface area contributed by atoms with Gasteiger partial charge < -0.3 is 24.4 Å². The number of rotatable bonds is 6. The molecule has 0 aliphatic carbocycles. The van der Waals surface area contributed by atoms with E-state index in [1.165, 1.54) is 6.08 Å². The van der Waals surface area contributed by atoms with Gasteiger partial charge >= 0.3 is 0 Å². The van der Waals surface area contributed by atoms with Crippen LogP contribution in [0, 0.1) is 0 Å². The number of methoxy groups -OCH3 is 2. The molecule has 1 amide bonds. The number of benzene rings is 2. The molecule has 3 rings (SSSR count). The third-order valence-electron chi connectivity index (χ3n) is 4.37. The van der Waals surface area contributed by atoms with Crippen molar-refractivity contribution in [3.63, 3.8) is 0 Å². The molecule has 0 spiro atoms. The van der Waals surface area contributed by atoms with E-state index in [1.807, 2.05) is 36.4 Å². The van der Waals surface area contributed by atoms with Crippen LogP contribution in [0.4, 0.5) is 11.4 Å². The number of carbonyl (C=O) groups excluding carboxylic acids is 1. The maximum absolute atomic E-state index is 12.2. The number of nitrogens with zero attached hydrogens (tertiary/aromatic N) is 1. The SMILES string of the molecule is COc1ccc(/C=C/C(=O)Nc2ccc(N3CCOCC3)cc2)c(OC)c1. The minimum Gasteiger partial charge on any atom is -0.497 e. The number of anilines is 2. The fraction of sp³-hybridized carbons (Fsp3) is 0.286. The lowest BCUT2D eigenvalue weighted by molar-refractivity contribution is -0.111. The average Bonchev–Trinajstić information content (AvgIpc) is 2.73. The minimum atomic E-state index is -0.202. The van der Waals surface area contributed by atoms with Gasteiger partial charge in [-0.2, -0.15) is 0 Å². The van der Waals surface area contributed by atoms with Crippen molar-refractivity contribution in [3.05, 3.63) is 54.1 Å². The van der Waals surface area contributed by atoms with Gasteiger partial charge in [-0.1, -0.05) is 0 Å². The Morgan fingerprint density at radius 1 is 1.07 bits per heavy atom. The molecule has 2 aromatic rings. The Balaban J connectivity index is 1.61. The number of amides is 1. The van der Waals surface area contributed by atoms with Crippen LogP contribution in [0.3, 0.4) is 0 Å². The Labute approximate surface area is 159 Å². The highest BCUT2D eigenvalue weighted by molar-refractivity contribution is 6.02. The summed E-state index contributed by atoms with van der Waals surface area (Å²) in [5, 5.41) is 2.87. The van der Waals surface area contributed by atoms with Gasteiger partial charge in [-0.15, -0.1) is 0 Å². The van der Waals surface area contributed by atoms with Crippen molar-refractivity contribution in [3.8, 4) is 11.5 Å². The second kappa shape index (κ2) is 9.09. The maximum Gasteiger partial charge on any atom is 0.248 e. The molecule has 6 heteroatoms. The second-order valence-electron chi connectivity index (χ2n) is 6.08. The Kier molecular flexibility index (Phi) is 6.33. The van der Waals surface area contributed by atoms with Crippen LogP contribution in [0.15, 0.2) is 48.5 Å². The summed E-state index contributed by atoms with van der Waals surface area (Å²) in [5.41, 5.74) is 2.69. The highest BCUT2D eigenvalue weighted by Gasteiger charge is 2.11. The molecule has 1 fully saturated rings. The van der Waals surface area contributed by atoms with Crippen molar-refractivity contribution >= 4 is 23.4 Å². The topological polar surface area (TPSA) is 60.0 Å². The van der Waals surface area contributed by atoms with Crippen LogP contribution in [0.1, 0.15) is 5.56 Å². The van der Waals surface area contributed by atoms with E-state index < -0.39 is 0 Å². The molecule has 0 aromatic heterocycles. The van der Waals surface area contributed by atoms with Crippen LogP contribution in [0.25, 0.3) is 6.08 Å². The van der Waals surface area contributed by atoms with E-state index in [4.69, 9.17) is 14.2 Å². The maximum atomic E-state index is 12.2. The smallest absolute Gasteiger partial charge is 0.248 e. The number of morpholine rings is 1. The normalized spacial score (nSPS) is 14.2. The molecule has 1 heterocycles. The summed E-state index contributed by atoms with van der Waals surface area (Å²) >= 11 is 0. The van der Waals surface area contributed by atoms with E-state index in [-0.39, 0.29) is 5.91 Å². The van der Waals surface area contributed by atoms with Crippen molar-refractivity contribution in [2.24, 2.45) is 0 Å². The third kappa shape index (κ3) is 5.01. The molecule has 27 heavy (non-hydrogen) atoms. The van der Waals surface area contributed by atoms with Crippen LogP contribution in [0.2, 0.25) is 0 Å². The van der Waals surface area contributed by atoms with Gasteiger partial charge in [0.1, 0.15) is 11.5 Å². The Bertz CT molecular complexity index is 796. The van der Waals surface area contributed by atoms with E-state index in [0.29, 0.717) is 11.5 Å². The number of hydrogen-bond donors (Lipinski definition) is 1. The van der Waals surface area contributed by atoms with E-state index >= 15 is 0 Å². The first-order valence-corrected chi connectivity index (χ1v) is 8.83. The molecule has 1 N–H and O–H groups in total. The number of hydrogen-bond acceptors (Lipinski definition) is 5.